The second kappa shape index (κ2) is 4.16. The van der Waals surface area contributed by atoms with E-state index < -0.39 is 0 Å². The highest BCUT2D eigenvalue weighted by Gasteiger charge is 2.29. The van der Waals surface area contributed by atoms with Crippen molar-refractivity contribution in [3.8, 4) is 0 Å². The van der Waals surface area contributed by atoms with Crippen LogP contribution in [0.1, 0.15) is 29.7 Å². The number of nitrogens with one attached hydrogen (secondary N) is 1. The Kier molecular flexibility index (Phi) is 2.86. The quantitative estimate of drug-likeness (QED) is 0.812. The van der Waals surface area contributed by atoms with E-state index in [1.165, 1.54) is 16.7 Å². The number of nitrogens with zero attached hydrogens (tertiary/aromatic N) is 1. The Labute approximate surface area is 96.5 Å². The predicted molar refractivity (Wildman–Crippen MR) is 64.4 cm³/mol. The molecular formula is C13H18N2O. The fourth-order valence-corrected chi connectivity index (χ4v) is 2.25. The Morgan fingerprint density at radius 1 is 1.44 bits per heavy atom. The molecule has 16 heavy (non-hydrogen) atoms. The van der Waals surface area contributed by atoms with Crippen molar-refractivity contribution in [2.75, 3.05) is 13.1 Å². The van der Waals surface area contributed by atoms with Crippen molar-refractivity contribution in [1.29, 1.82) is 0 Å². The van der Waals surface area contributed by atoms with Crippen LogP contribution in [0.25, 0.3) is 0 Å². The molecule has 0 saturated carbocycles. The van der Waals surface area contributed by atoms with Crippen LogP contribution < -0.4 is 5.32 Å². The third-order valence-electron chi connectivity index (χ3n) is 3.17. The molecule has 2 rings (SSSR count). The standard InChI is InChI=1S/C13H18N2O/c1-4-15-8-12(14-13(15)16)11-6-5-9(2)7-10(11)3/h5-7,12H,4,8H2,1-3H3,(H,14,16). The number of hydrogen-bond acceptors (Lipinski definition) is 1. The van der Waals surface area contributed by atoms with Crippen molar-refractivity contribution in [1.82, 2.24) is 10.2 Å². The van der Waals surface area contributed by atoms with Gasteiger partial charge in [0, 0.05) is 13.1 Å². The molecule has 1 N–H and O–H groups in total. The maximum atomic E-state index is 11.6. The van der Waals surface area contributed by atoms with Gasteiger partial charge >= 0.3 is 6.03 Å². The summed E-state index contributed by atoms with van der Waals surface area (Å²) in [4.78, 5) is 13.4. The van der Waals surface area contributed by atoms with E-state index in [2.05, 4.69) is 37.4 Å². The minimum atomic E-state index is 0.0486. The van der Waals surface area contributed by atoms with E-state index in [1.807, 2.05) is 11.8 Å². The van der Waals surface area contributed by atoms with Crippen LogP contribution in [0.3, 0.4) is 0 Å². The molecule has 3 nitrogen and oxygen atoms in total. The van der Waals surface area contributed by atoms with Gasteiger partial charge in [0.15, 0.2) is 0 Å². The van der Waals surface area contributed by atoms with E-state index in [9.17, 15) is 4.79 Å². The lowest BCUT2D eigenvalue weighted by molar-refractivity contribution is 0.219. The summed E-state index contributed by atoms with van der Waals surface area (Å²) in [5.74, 6) is 0. The third-order valence-corrected chi connectivity index (χ3v) is 3.17. The van der Waals surface area contributed by atoms with E-state index in [4.69, 9.17) is 0 Å². The highest BCUT2D eigenvalue weighted by atomic mass is 16.2. The molecule has 1 aliphatic rings. The van der Waals surface area contributed by atoms with Gasteiger partial charge in [0.1, 0.15) is 0 Å². The number of urea groups is 1. The molecule has 1 heterocycles. The summed E-state index contributed by atoms with van der Waals surface area (Å²) >= 11 is 0. The number of hydrogen-bond donors (Lipinski definition) is 1. The van der Waals surface area contributed by atoms with Crippen LogP contribution in [-0.2, 0) is 0 Å². The maximum absolute atomic E-state index is 11.6. The summed E-state index contributed by atoms with van der Waals surface area (Å²) in [7, 11) is 0. The average Bonchev–Trinajstić information content (AvgIpc) is 2.59. The van der Waals surface area contributed by atoms with Gasteiger partial charge in [0.2, 0.25) is 0 Å². The zero-order chi connectivity index (χ0) is 11.7. The second-order valence-corrected chi connectivity index (χ2v) is 4.40. The van der Waals surface area contributed by atoms with Gasteiger partial charge in [-0.3, -0.25) is 0 Å². The van der Waals surface area contributed by atoms with Crippen LogP contribution in [0.4, 0.5) is 4.79 Å². The van der Waals surface area contributed by atoms with Crippen molar-refractivity contribution in [2.45, 2.75) is 26.8 Å². The van der Waals surface area contributed by atoms with Gasteiger partial charge in [-0.05, 0) is 31.9 Å². The number of carbonyl (C=O) groups is 1. The molecule has 1 unspecified atom stereocenters. The van der Waals surface area contributed by atoms with E-state index in [1.54, 1.807) is 0 Å². The van der Waals surface area contributed by atoms with E-state index in [0.717, 1.165) is 13.1 Å². The molecule has 0 bridgehead atoms. The molecule has 2 amide bonds. The van der Waals surface area contributed by atoms with Crippen LogP contribution in [0.2, 0.25) is 0 Å². The normalized spacial score (nSPS) is 20.1. The molecular weight excluding hydrogens is 200 g/mol. The Balaban J connectivity index is 2.23. The number of carbonyl (C=O) groups excluding carboxylic acids is 1. The van der Waals surface area contributed by atoms with Gasteiger partial charge in [-0.15, -0.1) is 0 Å². The number of rotatable bonds is 2. The molecule has 0 radical (unpaired) electrons. The lowest BCUT2D eigenvalue weighted by Crippen LogP contribution is -2.27. The van der Waals surface area contributed by atoms with Crippen molar-refractivity contribution in [3.05, 3.63) is 34.9 Å². The second-order valence-electron chi connectivity index (χ2n) is 4.40. The van der Waals surface area contributed by atoms with Crippen LogP contribution in [0.5, 0.6) is 0 Å². The topological polar surface area (TPSA) is 32.3 Å². The van der Waals surface area contributed by atoms with Gasteiger partial charge in [0.05, 0.1) is 6.04 Å². The number of benzene rings is 1. The molecule has 1 aromatic rings. The fraction of sp³-hybridized carbons (Fsp3) is 0.462. The van der Waals surface area contributed by atoms with E-state index >= 15 is 0 Å². The summed E-state index contributed by atoms with van der Waals surface area (Å²) in [5, 5.41) is 3.02. The smallest absolute Gasteiger partial charge is 0.318 e. The lowest BCUT2D eigenvalue weighted by atomic mass is 10.00. The first-order valence-corrected chi connectivity index (χ1v) is 5.74. The summed E-state index contributed by atoms with van der Waals surface area (Å²) in [6.07, 6.45) is 0. The van der Waals surface area contributed by atoms with Crippen molar-refractivity contribution >= 4 is 6.03 Å². The maximum Gasteiger partial charge on any atom is 0.318 e. The summed E-state index contributed by atoms with van der Waals surface area (Å²) in [5.41, 5.74) is 3.75. The first kappa shape index (κ1) is 11.0. The molecule has 1 saturated heterocycles. The van der Waals surface area contributed by atoms with E-state index in [-0.39, 0.29) is 12.1 Å². The van der Waals surface area contributed by atoms with Crippen molar-refractivity contribution in [3.63, 3.8) is 0 Å². The third kappa shape index (κ3) is 1.90. The van der Waals surface area contributed by atoms with Crippen LogP contribution in [0, 0.1) is 13.8 Å². The molecule has 1 aliphatic heterocycles. The van der Waals surface area contributed by atoms with Crippen LogP contribution >= 0.6 is 0 Å². The number of likely N-dealkylation sites (N-methyl/N-ethyl adjacent to an activating group) is 1. The highest BCUT2D eigenvalue weighted by molar-refractivity contribution is 5.77. The Morgan fingerprint density at radius 3 is 2.75 bits per heavy atom. The van der Waals surface area contributed by atoms with Gasteiger partial charge < -0.3 is 10.2 Å². The molecule has 1 fully saturated rings. The molecule has 0 aromatic heterocycles. The molecule has 3 heteroatoms. The van der Waals surface area contributed by atoms with Gasteiger partial charge in [-0.25, -0.2) is 4.79 Å². The minimum absolute atomic E-state index is 0.0486. The van der Waals surface area contributed by atoms with Gasteiger partial charge in [-0.2, -0.15) is 0 Å². The fourth-order valence-electron chi connectivity index (χ4n) is 2.25. The zero-order valence-electron chi connectivity index (χ0n) is 10.1. The predicted octanol–water partition coefficient (Wildman–Crippen LogP) is 2.39. The average molecular weight is 218 g/mol. The molecule has 86 valence electrons. The summed E-state index contributed by atoms with van der Waals surface area (Å²) in [6, 6.07) is 6.58. The molecule has 0 spiro atoms. The minimum Gasteiger partial charge on any atom is -0.329 e. The van der Waals surface area contributed by atoms with Crippen LogP contribution in [0.15, 0.2) is 18.2 Å². The van der Waals surface area contributed by atoms with E-state index in [0.29, 0.717) is 0 Å². The van der Waals surface area contributed by atoms with Gasteiger partial charge in [-0.1, -0.05) is 23.8 Å². The highest BCUT2D eigenvalue weighted by Crippen LogP contribution is 2.23. The molecule has 1 atom stereocenters. The van der Waals surface area contributed by atoms with Crippen molar-refractivity contribution < 1.29 is 4.79 Å². The Hall–Kier alpha value is -1.51. The van der Waals surface area contributed by atoms with Gasteiger partial charge in [0.25, 0.3) is 0 Å². The summed E-state index contributed by atoms with van der Waals surface area (Å²) < 4.78 is 0. The van der Waals surface area contributed by atoms with Crippen LogP contribution in [-0.4, -0.2) is 24.0 Å². The summed E-state index contributed by atoms with van der Waals surface area (Å²) in [6.45, 7) is 7.74. The largest absolute Gasteiger partial charge is 0.329 e. The Bertz CT molecular complexity index is 414. The number of amides is 2. The molecule has 0 aliphatic carbocycles. The Morgan fingerprint density at radius 2 is 2.19 bits per heavy atom. The van der Waals surface area contributed by atoms with Crippen molar-refractivity contribution in [2.24, 2.45) is 0 Å². The zero-order valence-corrected chi connectivity index (χ0v) is 10.1. The lowest BCUT2D eigenvalue weighted by Gasteiger charge is -2.14. The first-order valence-electron chi connectivity index (χ1n) is 5.74. The monoisotopic (exact) mass is 218 g/mol. The number of aryl methyl sites for hydroxylation is 2. The SMILES string of the molecule is CCN1CC(c2ccc(C)cc2C)NC1=O. The molecule has 1 aromatic carbocycles. The first-order chi connectivity index (χ1) is 7.61.